The van der Waals surface area contributed by atoms with E-state index in [1.54, 1.807) is 36.4 Å². The number of ether oxygens (including phenoxy) is 2. The molecule has 9 heteroatoms. The minimum Gasteiger partial charge on any atom is -0.494 e. The molecule has 3 N–H and O–H groups in total. The first-order valence-corrected chi connectivity index (χ1v) is 10.9. The molecule has 7 nitrogen and oxygen atoms in total. The minimum atomic E-state index is -2.93. The molecule has 1 unspecified atom stereocenters. The van der Waals surface area contributed by atoms with E-state index >= 15 is 0 Å². The largest absolute Gasteiger partial charge is 0.494 e. The number of rotatable bonds is 13. The second-order valence-electron chi connectivity index (χ2n) is 7.87. The molecule has 0 heterocycles. The van der Waals surface area contributed by atoms with Gasteiger partial charge in [-0.05, 0) is 54.3 Å². The third-order valence-corrected chi connectivity index (χ3v) is 5.23. The molecule has 0 saturated heterocycles. The minimum absolute atomic E-state index is 0.00138. The first-order chi connectivity index (χ1) is 15.9. The summed E-state index contributed by atoms with van der Waals surface area (Å²) in [4.78, 5) is 25.3. The number of nitrogens with one attached hydrogen (secondary N) is 2. The highest BCUT2D eigenvalue weighted by atomic mass is 19.3. The summed E-state index contributed by atoms with van der Waals surface area (Å²) >= 11 is 0. The molecule has 1 saturated carbocycles. The molecule has 0 aromatic heterocycles. The summed E-state index contributed by atoms with van der Waals surface area (Å²) in [6.45, 7) is -2.49. The molecule has 1 aliphatic rings. The Hall–Kier alpha value is -3.20. The average molecular weight is 462 g/mol. The van der Waals surface area contributed by atoms with Gasteiger partial charge in [-0.25, -0.2) is 0 Å². The monoisotopic (exact) mass is 462 g/mol. The molecule has 2 aromatic rings. The number of halogens is 2. The van der Waals surface area contributed by atoms with Gasteiger partial charge in [0, 0.05) is 18.5 Å². The molecule has 2 amide bonds. The van der Waals surface area contributed by atoms with Gasteiger partial charge in [0.05, 0.1) is 13.2 Å². The summed E-state index contributed by atoms with van der Waals surface area (Å²) in [5.41, 5.74) is 1.01. The van der Waals surface area contributed by atoms with Gasteiger partial charge in [0.2, 0.25) is 5.91 Å². The van der Waals surface area contributed by atoms with Crippen molar-refractivity contribution in [2.24, 2.45) is 5.92 Å². The molecule has 0 aliphatic heterocycles. The normalized spacial score (nSPS) is 13.9. The van der Waals surface area contributed by atoms with Crippen LogP contribution in [0.1, 0.15) is 35.2 Å². The molecule has 2 aromatic carbocycles. The topological polar surface area (TPSA) is 96.9 Å². The second-order valence-corrected chi connectivity index (χ2v) is 7.87. The molecule has 1 aliphatic carbocycles. The lowest BCUT2D eigenvalue weighted by molar-refractivity contribution is -0.123. The standard InChI is InChI=1S/C24H28F2N2O5/c25-24(26)33-20-7-3-17(4-8-20)15-21(23(31)27-12-13-29)28-22(30)18-5-9-19(10-6-18)32-14-11-16-1-2-16/h3-10,16,21,24,29H,1-2,11-15H2,(H,27,31)(H,28,30). The molecule has 33 heavy (non-hydrogen) atoms. The average Bonchev–Trinajstić information content (AvgIpc) is 3.62. The molecule has 1 atom stereocenters. The van der Waals surface area contributed by atoms with Gasteiger partial charge in [0.1, 0.15) is 17.5 Å². The van der Waals surface area contributed by atoms with Crippen molar-refractivity contribution in [1.29, 1.82) is 0 Å². The van der Waals surface area contributed by atoms with Crippen molar-refractivity contribution in [3.63, 3.8) is 0 Å². The lowest BCUT2D eigenvalue weighted by atomic mass is 10.0. The Balaban J connectivity index is 1.60. The zero-order valence-corrected chi connectivity index (χ0v) is 18.1. The highest BCUT2D eigenvalue weighted by Gasteiger charge is 2.22. The van der Waals surface area contributed by atoms with Crippen LogP contribution in [0.3, 0.4) is 0 Å². The van der Waals surface area contributed by atoms with Crippen molar-refractivity contribution in [2.75, 3.05) is 19.8 Å². The van der Waals surface area contributed by atoms with Crippen molar-refractivity contribution in [1.82, 2.24) is 10.6 Å². The van der Waals surface area contributed by atoms with Gasteiger partial charge in [-0.15, -0.1) is 0 Å². The Morgan fingerprint density at radius 3 is 2.30 bits per heavy atom. The van der Waals surface area contributed by atoms with E-state index in [2.05, 4.69) is 15.4 Å². The van der Waals surface area contributed by atoms with E-state index in [4.69, 9.17) is 9.84 Å². The highest BCUT2D eigenvalue weighted by Crippen LogP contribution is 2.32. The van der Waals surface area contributed by atoms with Crippen LogP contribution >= 0.6 is 0 Å². The predicted molar refractivity (Wildman–Crippen MR) is 117 cm³/mol. The fraction of sp³-hybridized carbons (Fsp3) is 0.417. The van der Waals surface area contributed by atoms with Gasteiger partial charge >= 0.3 is 6.61 Å². The summed E-state index contributed by atoms with van der Waals surface area (Å²) in [5, 5.41) is 14.2. The fourth-order valence-electron chi connectivity index (χ4n) is 3.25. The number of carbonyl (C=O) groups is 2. The Morgan fingerprint density at radius 1 is 1.03 bits per heavy atom. The lowest BCUT2D eigenvalue weighted by Gasteiger charge is -2.19. The van der Waals surface area contributed by atoms with Gasteiger partial charge in [-0.3, -0.25) is 9.59 Å². The molecule has 178 valence electrons. The SMILES string of the molecule is O=C(NC(Cc1ccc(OC(F)F)cc1)C(=O)NCCO)c1ccc(OCCC2CC2)cc1. The van der Waals surface area contributed by atoms with E-state index in [0.29, 0.717) is 23.5 Å². The number of alkyl halides is 2. The van der Waals surface area contributed by atoms with Crippen LogP contribution < -0.4 is 20.1 Å². The summed E-state index contributed by atoms with van der Waals surface area (Å²) in [6, 6.07) is 11.6. The van der Waals surface area contributed by atoms with E-state index < -0.39 is 24.5 Å². The van der Waals surface area contributed by atoms with Crippen LogP contribution in [0.15, 0.2) is 48.5 Å². The van der Waals surface area contributed by atoms with Crippen molar-refractivity contribution in [3.8, 4) is 11.5 Å². The lowest BCUT2D eigenvalue weighted by Crippen LogP contribution is -2.48. The smallest absolute Gasteiger partial charge is 0.387 e. The van der Waals surface area contributed by atoms with Gasteiger partial charge in [0.15, 0.2) is 0 Å². The van der Waals surface area contributed by atoms with Crippen LogP contribution in [0.2, 0.25) is 0 Å². The number of aliphatic hydroxyl groups is 1. The number of carbonyl (C=O) groups excluding carboxylic acids is 2. The van der Waals surface area contributed by atoms with Crippen LogP contribution in [-0.2, 0) is 11.2 Å². The third kappa shape index (κ3) is 8.34. The maximum atomic E-state index is 12.7. The molecule has 0 spiro atoms. The fourth-order valence-corrected chi connectivity index (χ4v) is 3.25. The highest BCUT2D eigenvalue weighted by molar-refractivity contribution is 5.97. The van der Waals surface area contributed by atoms with Gasteiger partial charge < -0.3 is 25.2 Å². The number of benzene rings is 2. The van der Waals surface area contributed by atoms with Crippen LogP contribution in [0.4, 0.5) is 8.78 Å². The zero-order valence-electron chi connectivity index (χ0n) is 18.1. The molecular formula is C24H28F2N2O5. The Labute approximate surface area is 191 Å². The number of amides is 2. The summed E-state index contributed by atoms with van der Waals surface area (Å²) < 4.78 is 34.7. The summed E-state index contributed by atoms with van der Waals surface area (Å²) in [7, 11) is 0. The van der Waals surface area contributed by atoms with Crippen LogP contribution in [-0.4, -0.2) is 49.3 Å². The number of hydrogen-bond acceptors (Lipinski definition) is 5. The first-order valence-electron chi connectivity index (χ1n) is 10.9. The van der Waals surface area contributed by atoms with Gasteiger partial charge in [-0.1, -0.05) is 25.0 Å². The third-order valence-electron chi connectivity index (χ3n) is 5.23. The van der Waals surface area contributed by atoms with Crippen LogP contribution in [0.5, 0.6) is 11.5 Å². The summed E-state index contributed by atoms with van der Waals surface area (Å²) in [5.74, 6) is 0.540. The summed E-state index contributed by atoms with van der Waals surface area (Å²) in [6.07, 6.45) is 3.69. The van der Waals surface area contributed by atoms with E-state index in [-0.39, 0.29) is 25.3 Å². The van der Waals surface area contributed by atoms with Crippen molar-refractivity contribution in [3.05, 3.63) is 59.7 Å². The van der Waals surface area contributed by atoms with Crippen LogP contribution in [0.25, 0.3) is 0 Å². The molecule has 3 rings (SSSR count). The molecule has 0 radical (unpaired) electrons. The maximum absolute atomic E-state index is 12.7. The molecule has 1 fully saturated rings. The zero-order chi connectivity index (χ0) is 23.6. The Bertz CT molecular complexity index is 902. The van der Waals surface area contributed by atoms with Crippen molar-refractivity contribution >= 4 is 11.8 Å². The molecule has 0 bridgehead atoms. The molecular weight excluding hydrogens is 434 g/mol. The van der Waals surface area contributed by atoms with Crippen molar-refractivity contribution < 1.29 is 33.0 Å². The van der Waals surface area contributed by atoms with Gasteiger partial charge in [-0.2, -0.15) is 8.78 Å². The van der Waals surface area contributed by atoms with E-state index in [9.17, 15) is 18.4 Å². The Morgan fingerprint density at radius 2 is 1.70 bits per heavy atom. The van der Waals surface area contributed by atoms with Gasteiger partial charge in [0.25, 0.3) is 5.91 Å². The second kappa shape index (κ2) is 12.2. The van der Waals surface area contributed by atoms with Crippen molar-refractivity contribution in [2.45, 2.75) is 38.3 Å². The van der Waals surface area contributed by atoms with E-state index in [1.165, 1.54) is 25.0 Å². The van der Waals surface area contributed by atoms with E-state index in [1.807, 2.05) is 0 Å². The first kappa shape index (κ1) is 24.4. The maximum Gasteiger partial charge on any atom is 0.387 e. The van der Waals surface area contributed by atoms with Crippen LogP contribution in [0, 0.1) is 5.92 Å². The quantitative estimate of drug-likeness (QED) is 0.425. The number of hydrogen-bond donors (Lipinski definition) is 3. The predicted octanol–water partition coefficient (Wildman–Crippen LogP) is 2.92. The Kier molecular flexibility index (Phi) is 9.00. The van der Waals surface area contributed by atoms with E-state index in [0.717, 1.165) is 12.3 Å². The number of aliphatic hydroxyl groups excluding tert-OH is 1.